The molecule has 2 N–H and O–H groups in total. The largest absolute Gasteiger partial charge is 0.478 e. The standard InChI is InChI=1S/C15H18N2O4S/c1-15(2,13(18)19)21-11-6-4-10(5-7-11)12-8-22-14(17-12)16-9-20-3/h4-8H,9H2,1-3H3,(H,16,17)(H,18,19). The Kier molecular flexibility index (Phi) is 4.99. The molecule has 0 bridgehead atoms. The monoisotopic (exact) mass is 322 g/mol. The highest BCUT2D eigenvalue weighted by Crippen LogP contribution is 2.27. The number of ether oxygens (including phenoxy) is 2. The van der Waals surface area contributed by atoms with Gasteiger partial charge in [-0.3, -0.25) is 0 Å². The Labute approximate surface area is 132 Å². The zero-order valence-electron chi connectivity index (χ0n) is 12.6. The van der Waals surface area contributed by atoms with Crippen LogP contribution >= 0.6 is 11.3 Å². The van der Waals surface area contributed by atoms with E-state index >= 15 is 0 Å². The van der Waals surface area contributed by atoms with E-state index in [-0.39, 0.29) is 0 Å². The van der Waals surface area contributed by atoms with Crippen molar-refractivity contribution in [3.63, 3.8) is 0 Å². The molecule has 0 aliphatic rings. The summed E-state index contributed by atoms with van der Waals surface area (Å²) in [5.74, 6) is -0.506. The van der Waals surface area contributed by atoms with E-state index in [0.29, 0.717) is 12.5 Å². The van der Waals surface area contributed by atoms with Gasteiger partial charge in [-0.2, -0.15) is 0 Å². The fourth-order valence-electron chi connectivity index (χ4n) is 1.65. The molecule has 0 spiro atoms. The van der Waals surface area contributed by atoms with E-state index in [1.54, 1.807) is 19.2 Å². The lowest BCUT2D eigenvalue weighted by Crippen LogP contribution is -2.37. The van der Waals surface area contributed by atoms with E-state index in [9.17, 15) is 4.79 Å². The Morgan fingerprint density at radius 2 is 2.05 bits per heavy atom. The Balaban J connectivity index is 2.08. The van der Waals surface area contributed by atoms with Crippen molar-refractivity contribution in [1.82, 2.24) is 4.98 Å². The zero-order valence-corrected chi connectivity index (χ0v) is 13.4. The van der Waals surface area contributed by atoms with Crippen LogP contribution in [0.3, 0.4) is 0 Å². The lowest BCUT2D eigenvalue weighted by atomic mass is 10.1. The molecule has 2 rings (SSSR count). The summed E-state index contributed by atoms with van der Waals surface area (Å²) in [6, 6.07) is 7.17. The van der Waals surface area contributed by atoms with E-state index in [2.05, 4.69) is 10.3 Å². The van der Waals surface area contributed by atoms with E-state index in [1.807, 2.05) is 17.5 Å². The second-order valence-corrected chi connectivity index (χ2v) is 5.95. The van der Waals surface area contributed by atoms with Gasteiger partial charge in [-0.1, -0.05) is 0 Å². The number of rotatable bonds is 7. The smallest absolute Gasteiger partial charge is 0.347 e. The van der Waals surface area contributed by atoms with Crippen LogP contribution in [0.25, 0.3) is 11.3 Å². The van der Waals surface area contributed by atoms with Gasteiger partial charge in [0.1, 0.15) is 12.5 Å². The van der Waals surface area contributed by atoms with Gasteiger partial charge in [-0.05, 0) is 38.1 Å². The number of hydrogen-bond donors (Lipinski definition) is 2. The number of anilines is 1. The molecule has 0 amide bonds. The summed E-state index contributed by atoms with van der Waals surface area (Å²) in [4.78, 5) is 15.5. The summed E-state index contributed by atoms with van der Waals surface area (Å²) in [5.41, 5.74) is 0.509. The van der Waals surface area contributed by atoms with Gasteiger partial charge in [0.15, 0.2) is 10.7 Å². The van der Waals surface area contributed by atoms with Crippen molar-refractivity contribution in [3.8, 4) is 17.0 Å². The van der Waals surface area contributed by atoms with Crippen molar-refractivity contribution >= 4 is 22.4 Å². The van der Waals surface area contributed by atoms with Gasteiger partial charge >= 0.3 is 5.97 Å². The molecule has 0 radical (unpaired) electrons. The first-order chi connectivity index (χ1) is 10.4. The van der Waals surface area contributed by atoms with Gasteiger partial charge in [0.05, 0.1) is 5.69 Å². The molecular formula is C15H18N2O4S. The third-order valence-electron chi connectivity index (χ3n) is 2.91. The molecule has 2 aromatic rings. The quantitative estimate of drug-likeness (QED) is 0.763. The molecule has 1 aromatic heterocycles. The summed E-state index contributed by atoms with van der Waals surface area (Å²) < 4.78 is 10.4. The van der Waals surface area contributed by atoms with E-state index in [4.69, 9.17) is 14.6 Å². The molecule has 0 atom stereocenters. The summed E-state index contributed by atoms with van der Waals surface area (Å²) >= 11 is 1.49. The SMILES string of the molecule is COCNc1nc(-c2ccc(OC(C)(C)C(=O)O)cc2)cs1. The van der Waals surface area contributed by atoms with Crippen molar-refractivity contribution in [2.75, 3.05) is 19.2 Å². The summed E-state index contributed by atoms with van der Waals surface area (Å²) in [7, 11) is 1.61. The Hall–Kier alpha value is -2.12. The number of methoxy groups -OCH3 is 1. The van der Waals surface area contributed by atoms with Crippen LogP contribution in [0.2, 0.25) is 0 Å². The number of nitrogens with one attached hydrogen (secondary N) is 1. The second kappa shape index (κ2) is 6.76. The number of carboxylic acid groups (broad SMARTS) is 1. The van der Waals surface area contributed by atoms with Crippen LogP contribution in [0.4, 0.5) is 5.13 Å². The molecule has 0 unspecified atom stereocenters. The molecule has 0 aliphatic heterocycles. The molecule has 22 heavy (non-hydrogen) atoms. The minimum Gasteiger partial charge on any atom is -0.478 e. The third-order valence-corrected chi connectivity index (χ3v) is 3.71. The summed E-state index contributed by atoms with van der Waals surface area (Å²) in [6.45, 7) is 3.43. The third kappa shape index (κ3) is 3.96. The van der Waals surface area contributed by atoms with Crippen molar-refractivity contribution in [2.24, 2.45) is 0 Å². The van der Waals surface area contributed by atoms with E-state index in [0.717, 1.165) is 16.4 Å². The second-order valence-electron chi connectivity index (χ2n) is 5.09. The number of nitrogens with zero attached hydrogens (tertiary/aromatic N) is 1. The van der Waals surface area contributed by atoms with Crippen LogP contribution in [-0.2, 0) is 9.53 Å². The van der Waals surface area contributed by atoms with Crippen molar-refractivity contribution in [3.05, 3.63) is 29.6 Å². The minimum absolute atomic E-state index is 0.407. The van der Waals surface area contributed by atoms with Gasteiger partial charge in [0.25, 0.3) is 0 Å². The highest BCUT2D eigenvalue weighted by Gasteiger charge is 2.29. The normalized spacial score (nSPS) is 11.2. The van der Waals surface area contributed by atoms with Crippen LogP contribution in [0.5, 0.6) is 5.75 Å². The van der Waals surface area contributed by atoms with Gasteiger partial charge in [-0.15, -0.1) is 11.3 Å². The number of hydrogen-bond acceptors (Lipinski definition) is 6. The number of aliphatic carboxylic acids is 1. The van der Waals surface area contributed by atoms with Crippen LogP contribution < -0.4 is 10.1 Å². The highest BCUT2D eigenvalue weighted by molar-refractivity contribution is 7.14. The molecule has 0 aliphatic carbocycles. The molecule has 7 heteroatoms. The van der Waals surface area contributed by atoms with E-state index < -0.39 is 11.6 Å². The molecule has 1 heterocycles. The predicted molar refractivity (Wildman–Crippen MR) is 85.4 cm³/mol. The summed E-state index contributed by atoms with van der Waals surface area (Å²) in [5, 5.41) is 14.8. The topological polar surface area (TPSA) is 80.7 Å². The van der Waals surface area contributed by atoms with Crippen molar-refractivity contribution < 1.29 is 19.4 Å². The van der Waals surface area contributed by atoms with Crippen LogP contribution in [-0.4, -0.2) is 35.5 Å². The van der Waals surface area contributed by atoms with Gasteiger partial charge in [0.2, 0.25) is 0 Å². The average Bonchev–Trinajstić information content (AvgIpc) is 2.94. The molecular weight excluding hydrogens is 304 g/mol. The first-order valence-electron chi connectivity index (χ1n) is 6.63. The van der Waals surface area contributed by atoms with Crippen LogP contribution in [0, 0.1) is 0 Å². The molecule has 0 fully saturated rings. The first-order valence-corrected chi connectivity index (χ1v) is 7.51. The van der Waals surface area contributed by atoms with Gasteiger partial charge in [-0.25, -0.2) is 9.78 Å². The van der Waals surface area contributed by atoms with Gasteiger partial charge < -0.3 is 19.9 Å². The molecule has 118 valence electrons. The molecule has 0 saturated heterocycles. The average molecular weight is 322 g/mol. The highest BCUT2D eigenvalue weighted by atomic mass is 32.1. The summed E-state index contributed by atoms with van der Waals surface area (Å²) in [6.07, 6.45) is 0. The maximum atomic E-state index is 11.1. The lowest BCUT2D eigenvalue weighted by Gasteiger charge is -2.21. The maximum absolute atomic E-state index is 11.1. The molecule has 1 aromatic carbocycles. The Morgan fingerprint density at radius 3 is 2.64 bits per heavy atom. The zero-order chi connectivity index (χ0) is 16.2. The van der Waals surface area contributed by atoms with Crippen LogP contribution in [0.1, 0.15) is 13.8 Å². The van der Waals surface area contributed by atoms with Crippen LogP contribution in [0.15, 0.2) is 29.6 Å². The molecule has 0 saturated carbocycles. The Morgan fingerprint density at radius 1 is 1.36 bits per heavy atom. The Bertz CT molecular complexity index is 637. The molecule has 6 nitrogen and oxygen atoms in total. The maximum Gasteiger partial charge on any atom is 0.347 e. The predicted octanol–water partition coefficient (Wildman–Crippen LogP) is 3.07. The minimum atomic E-state index is -1.26. The van der Waals surface area contributed by atoms with Gasteiger partial charge in [0, 0.05) is 18.1 Å². The number of aromatic nitrogens is 1. The first kappa shape index (κ1) is 16.3. The number of thiazole rings is 1. The van der Waals surface area contributed by atoms with E-state index in [1.165, 1.54) is 25.2 Å². The number of carboxylic acids is 1. The fraction of sp³-hybridized carbons (Fsp3) is 0.333. The number of carbonyl (C=O) groups is 1. The number of benzene rings is 1. The fourth-order valence-corrected chi connectivity index (χ4v) is 2.36. The lowest BCUT2D eigenvalue weighted by molar-refractivity contribution is -0.152. The van der Waals surface area contributed by atoms with Crippen molar-refractivity contribution in [1.29, 1.82) is 0 Å². The van der Waals surface area contributed by atoms with Crippen molar-refractivity contribution in [2.45, 2.75) is 19.4 Å².